The molecule has 0 atom stereocenters. The third kappa shape index (κ3) is 3.07. The van der Waals surface area contributed by atoms with Crippen LogP contribution in [0.4, 0.5) is 5.69 Å². The van der Waals surface area contributed by atoms with Gasteiger partial charge in [-0.25, -0.2) is 0 Å². The molecule has 1 aromatic carbocycles. The molecule has 0 saturated carbocycles. The third-order valence-corrected chi connectivity index (χ3v) is 1.56. The van der Waals surface area contributed by atoms with Crippen molar-refractivity contribution >= 4 is 18.1 Å². The highest BCUT2D eigenvalue weighted by molar-refractivity contribution is 6.14. The van der Waals surface area contributed by atoms with Gasteiger partial charge < -0.3 is 5.41 Å². The van der Waals surface area contributed by atoms with Crippen LogP contribution in [0.2, 0.25) is 0 Å². The van der Waals surface area contributed by atoms with E-state index in [0.717, 1.165) is 11.9 Å². The molecular weight excluding hydrogens is 162 g/mol. The molecule has 0 aromatic heterocycles. The van der Waals surface area contributed by atoms with E-state index in [4.69, 9.17) is 5.41 Å². The molecule has 13 heavy (non-hydrogen) atoms. The Bertz CT molecular complexity index is 309. The summed E-state index contributed by atoms with van der Waals surface area (Å²) in [5, 5.41) is 10.6. The Labute approximate surface area is 78.0 Å². The molecule has 3 heteroatoms. The molecule has 0 aliphatic carbocycles. The van der Waals surface area contributed by atoms with E-state index in [2.05, 4.69) is 16.6 Å². The van der Waals surface area contributed by atoms with Crippen molar-refractivity contribution in [1.82, 2.24) is 0 Å². The second kappa shape index (κ2) is 4.40. The Morgan fingerprint density at radius 2 is 1.85 bits per heavy atom. The number of benzene rings is 1. The molecular formula is C10H13N3. The monoisotopic (exact) mass is 175 g/mol. The summed E-state index contributed by atoms with van der Waals surface area (Å²) in [6.07, 6.45) is 2.54. The van der Waals surface area contributed by atoms with Crippen molar-refractivity contribution in [1.29, 1.82) is 5.41 Å². The van der Waals surface area contributed by atoms with Gasteiger partial charge in [0.1, 0.15) is 0 Å². The van der Waals surface area contributed by atoms with Crippen LogP contribution in [0.25, 0.3) is 0 Å². The van der Waals surface area contributed by atoms with Gasteiger partial charge in [-0.2, -0.15) is 5.10 Å². The third-order valence-electron chi connectivity index (χ3n) is 1.56. The molecule has 1 rings (SSSR count). The van der Waals surface area contributed by atoms with Crippen LogP contribution >= 0.6 is 0 Å². The number of hydrogen-bond acceptors (Lipinski definition) is 3. The SMILES string of the molecule is Cc1cc(C)cc(N/N=C\C=N)c1. The lowest BCUT2D eigenvalue weighted by atomic mass is 10.1. The standard InChI is InChI=1S/C10H13N3/c1-8-5-9(2)7-10(6-8)13-12-4-3-11/h3-7,11,13H,1-2H3/b11-3?,12-4-. The predicted octanol–water partition coefficient (Wildman–Crippen LogP) is 2.35. The second-order valence-electron chi connectivity index (χ2n) is 2.93. The molecule has 0 aliphatic rings. The summed E-state index contributed by atoms with van der Waals surface area (Å²) in [4.78, 5) is 0. The lowest BCUT2D eigenvalue weighted by Gasteiger charge is -2.02. The first-order chi connectivity index (χ1) is 6.22. The average molecular weight is 175 g/mol. The van der Waals surface area contributed by atoms with Gasteiger partial charge >= 0.3 is 0 Å². The number of nitrogens with zero attached hydrogens (tertiary/aromatic N) is 1. The Balaban J connectivity index is 2.77. The Morgan fingerprint density at radius 1 is 1.23 bits per heavy atom. The maximum absolute atomic E-state index is 6.74. The van der Waals surface area contributed by atoms with E-state index in [1.807, 2.05) is 26.0 Å². The zero-order valence-corrected chi connectivity index (χ0v) is 7.83. The average Bonchev–Trinajstić information content (AvgIpc) is 2.03. The summed E-state index contributed by atoms with van der Waals surface area (Å²) >= 11 is 0. The van der Waals surface area contributed by atoms with Crippen LogP contribution in [0.5, 0.6) is 0 Å². The number of hydrazone groups is 1. The fourth-order valence-electron chi connectivity index (χ4n) is 1.19. The van der Waals surface area contributed by atoms with Crippen LogP contribution in [0.3, 0.4) is 0 Å². The molecule has 0 radical (unpaired) electrons. The molecule has 0 heterocycles. The van der Waals surface area contributed by atoms with Crippen molar-refractivity contribution in [3.05, 3.63) is 29.3 Å². The first kappa shape index (κ1) is 9.45. The first-order valence-corrected chi connectivity index (χ1v) is 4.09. The fourth-order valence-corrected chi connectivity index (χ4v) is 1.19. The number of aryl methyl sites for hydroxylation is 2. The second-order valence-corrected chi connectivity index (χ2v) is 2.93. The van der Waals surface area contributed by atoms with Gasteiger partial charge in [0, 0.05) is 6.21 Å². The number of anilines is 1. The van der Waals surface area contributed by atoms with Gasteiger partial charge in [-0.1, -0.05) is 6.07 Å². The molecule has 0 aliphatic heterocycles. The molecule has 0 spiro atoms. The van der Waals surface area contributed by atoms with E-state index >= 15 is 0 Å². The van der Waals surface area contributed by atoms with Crippen LogP contribution in [-0.4, -0.2) is 12.4 Å². The molecule has 1 aromatic rings. The Kier molecular flexibility index (Phi) is 3.20. The summed E-state index contributed by atoms with van der Waals surface area (Å²) in [5.74, 6) is 0. The molecule has 68 valence electrons. The summed E-state index contributed by atoms with van der Waals surface area (Å²) in [6.45, 7) is 4.08. The molecule has 0 fully saturated rings. The van der Waals surface area contributed by atoms with Crippen LogP contribution in [0.15, 0.2) is 23.3 Å². The lowest BCUT2D eigenvalue weighted by Crippen LogP contribution is -1.91. The summed E-state index contributed by atoms with van der Waals surface area (Å²) in [5.41, 5.74) is 6.20. The van der Waals surface area contributed by atoms with Crippen molar-refractivity contribution < 1.29 is 0 Å². The highest BCUT2D eigenvalue weighted by Gasteiger charge is 1.92. The van der Waals surface area contributed by atoms with E-state index < -0.39 is 0 Å². The van der Waals surface area contributed by atoms with E-state index in [1.165, 1.54) is 17.3 Å². The predicted molar refractivity (Wildman–Crippen MR) is 56.8 cm³/mol. The molecule has 0 amide bonds. The molecule has 3 nitrogen and oxygen atoms in total. The minimum atomic E-state index is 0.954. The Hall–Kier alpha value is -1.64. The summed E-state index contributed by atoms with van der Waals surface area (Å²) in [6, 6.07) is 6.12. The lowest BCUT2D eigenvalue weighted by molar-refractivity contribution is 1.31. The largest absolute Gasteiger partial charge is 0.307 e. The number of nitrogens with one attached hydrogen (secondary N) is 2. The van der Waals surface area contributed by atoms with Crippen LogP contribution < -0.4 is 5.43 Å². The normalized spacial score (nSPS) is 10.3. The van der Waals surface area contributed by atoms with Crippen LogP contribution in [-0.2, 0) is 0 Å². The smallest absolute Gasteiger partial charge is 0.0648 e. The highest BCUT2D eigenvalue weighted by Crippen LogP contribution is 2.13. The fraction of sp³-hybridized carbons (Fsp3) is 0.200. The van der Waals surface area contributed by atoms with Crippen molar-refractivity contribution in [3.63, 3.8) is 0 Å². The van der Waals surface area contributed by atoms with Gasteiger partial charge in [-0.05, 0) is 37.1 Å². The van der Waals surface area contributed by atoms with Crippen molar-refractivity contribution in [2.75, 3.05) is 5.43 Å². The van der Waals surface area contributed by atoms with Gasteiger partial charge in [0.25, 0.3) is 0 Å². The van der Waals surface area contributed by atoms with Gasteiger partial charge in [0.2, 0.25) is 0 Å². The zero-order chi connectivity index (χ0) is 9.68. The van der Waals surface area contributed by atoms with Crippen molar-refractivity contribution in [2.45, 2.75) is 13.8 Å². The number of hydrogen-bond donors (Lipinski definition) is 2. The topological polar surface area (TPSA) is 48.2 Å². The molecule has 0 bridgehead atoms. The minimum Gasteiger partial charge on any atom is -0.307 e. The Morgan fingerprint density at radius 3 is 2.38 bits per heavy atom. The maximum atomic E-state index is 6.74. The van der Waals surface area contributed by atoms with E-state index in [1.54, 1.807) is 0 Å². The minimum absolute atomic E-state index is 0.954. The molecule has 2 N–H and O–H groups in total. The van der Waals surface area contributed by atoms with Gasteiger partial charge in [0.05, 0.1) is 11.9 Å². The summed E-state index contributed by atoms with van der Waals surface area (Å²) in [7, 11) is 0. The van der Waals surface area contributed by atoms with E-state index in [9.17, 15) is 0 Å². The quantitative estimate of drug-likeness (QED) is 0.537. The van der Waals surface area contributed by atoms with Gasteiger partial charge in [-0.3, -0.25) is 5.43 Å². The van der Waals surface area contributed by atoms with Gasteiger partial charge in [-0.15, -0.1) is 0 Å². The van der Waals surface area contributed by atoms with Crippen LogP contribution in [0.1, 0.15) is 11.1 Å². The summed E-state index contributed by atoms with van der Waals surface area (Å²) < 4.78 is 0. The highest BCUT2D eigenvalue weighted by atomic mass is 15.3. The van der Waals surface area contributed by atoms with Crippen molar-refractivity contribution in [3.8, 4) is 0 Å². The van der Waals surface area contributed by atoms with Crippen LogP contribution in [0, 0.1) is 19.3 Å². The van der Waals surface area contributed by atoms with E-state index in [-0.39, 0.29) is 0 Å². The molecule has 0 unspecified atom stereocenters. The number of rotatable bonds is 3. The van der Waals surface area contributed by atoms with E-state index in [0.29, 0.717) is 0 Å². The van der Waals surface area contributed by atoms with Crippen molar-refractivity contribution in [2.24, 2.45) is 5.10 Å². The van der Waals surface area contributed by atoms with Gasteiger partial charge in [0.15, 0.2) is 0 Å². The maximum Gasteiger partial charge on any atom is 0.0648 e. The first-order valence-electron chi connectivity index (χ1n) is 4.09. The zero-order valence-electron chi connectivity index (χ0n) is 7.83. The molecule has 0 saturated heterocycles.